The van der Waals surface area contributed by atoms with E-state index in [1.807, 2.05) is 35.2 Å². The van der Waals surface area contributed by atoms with Crippen LogP contribution in [0.2, 0.25) is 0 Å². The van der Waals surface area contributed by atoms with Crippen molar-refractivity contribution in [2.75, 3.05) is 26.3 Å². The molecule has 1 aliphatic rings. The second-order valence-electron chi connectivity index (χ2n) is 6.22. The molecule has 27 heavy (non-hydrogen) atoms. The van der Waals surface area contributed by atoms with Crippen molar-refractivity contribution in [3.8, 4) is 17.0 Å². The lowest BCUT2D eigenvalue weighted by molar-refractivity contribution is -0.139. The van der Waals surface area contributed by atoms with Gasteiger partial charge in [-0.1, -0.05) is 6.07 Å². The van der Waals surface area contributed by atoms with Gasteiger partial charge in [-0.15, -0.1) is 0 Å². The van der Waals surface area contributed by atoms with Crippen LogP contribution >= 0.6 is 0 Å². The molecule has 142 valence electrons. The summed E-state index contributed by atoms with van der Waals surface area (Å²) in [6.45, 7) is 1.46. The first-order chi connectivity index (χ1) is 13.0. The minimum atomic E-state index is -1.05. The van der Waals surface area contributed by atoms with Crippen LogP contribution in [0, 0.1) is 0 Å². The van der Waals surface area contributed by atoms with Gasteiger partial charge in [-0.2, -0.15) is 0 Å². The number of aliphatic carboxylic acids is 1. The van der Waals surface area contributed by atoms with Gasteiger partial charge in [0.05, 0.1) is 12.3 Å². The molecule has 1 atom stereocenters. The molecule has 1 fully saturated rings. The quantitative estimate of drug-likeness (QED) is 0.743. The first-order valence-corrected chi connectivity index (χ1v) is 8.55. The minimum Gasteiger partial charge on any atom is -0.482 e. The van der Waals surface area contributed by atoms with E-state index in [-0.39, 0.29) is 0 Å². The van der Waals surface area contributed by atoms with Crippen LogP contribution < -0.4 is 10.5 Å². The molecule has 8 heteroatoms. The van der Waals surface area contributed by atoms with Gasteiger partial charge < -0.3 is 20.3 Å². The summed E-state index contributed by atoms with van der Waals surface area (Å²) in [5.41, 5.74) is 7.86. The van der Waals surface area contributed by atoms with E-state index in [9.17, 15) is 9.59 Å². The molecule has 0 unspecified atom stereocenters. The van der Waals surface area contributed by atoms with Crippen molar-refractivity contribution in [1.29, 1.82) is 0 Å². The topological polar surface area (TPSA) is 115 Å². The lowest BCUT2D eigenvalue weighted by atomic mass is 10.1. The predicted molar refractivity (Wildman–Crippen MR) is 97.0 cm³/mol. The standard InChI is InChI=1S/C19H21N3O5/c20-19(25)17-11-22(7-8-26-17)10-14-9-13(15-3-1-2-6-21-15)4-5-16(14)27-12-18(23)24/h1-6,9,17H,7-8,10-12H2,(H2,20,25)(H,23,24)/t17-/m1/s1. The van der Waals surface area contributed by atoms with Crippen LogP contribution in [0.3, 0.4) is 0 Å². The lowest BCUT2D eigenvalue weighted by Crippen LogP contribution is -2.47. The third-order valence-corrected chi connectivity index (χ3v) is 4.23. The number of primary amides is 1. The Morgan fingerprint density at radius 3 is 2.89 bits per heavy atom. The Balaban J connectivity index is 1.85. The summed E-state index contributed by atoms with van der Waals surface area (Å²) >= 11 is 0. The first kappa shape index (κ1) is 18.8. The summed E-state index contributed by atoms with van der Waals surface area (Å²) in [5, 5.41) is 8.90. The second-order valence-corrected chi connectivity index (χ2v) is 6.22. The van der Waals surface area contributed by atoms with Crippen molar-refractivity contribution >= 4 is 11.9 Å². The molecule has 0 aliphatic carbocycles. The van der Waals surface area contributed by atoms with E-state index in [0.717, 1.165) is 16.8 Å². The summed E-state index contributed by atoms with van der Waals surface area (Å²) in [4.78, 5) is 28.7. The van der Waals surface area contributed by atoms with Crippen molar-refractivity contribution in [2.45, 2.75) is 12.6 Å². The number of nitrogens with zero attached hydrogens (tertiary/aromatic N) is 2. The van der Waals surface area contributed by atoms with E-state index in [2.05, 4.69) is 4.98 Å². The molecule has 1 aliphatic heterocycles. The number of pyridine rings is 1. The van der Waals surface area contributed by atoms with Gasteiger partial charge in [0, 0.05) is 37.0 Å². The SMILES string of the molecule is NC(=O)[C@H]1CN(Cc2cc(-c3ccccn3)ccc2OCC(=O)O)CCO1. The molecule has 1 aromatic carbocycles. The lowest BCUT2D eigenvalue weighted by Gasteiger charge is -2.31. The molecule has 2 heterocycles. The number of benzene rings is 1. The van der Waals surface area contributed by atoms with E-state index >= 15 is 0 Å². The van der Waals surface area contributed by atoms with Crippen LogP contribution in [0.15, 0.2) is 42.6 Å². The van der Waals surface area contributed by atoms with E-state index in [1.165, 1.54) is 0 Å². The Labute approximate surface area is 156 Å². The third-order valence-electron chi connectivity index (χ3n) is 4.23. The highest BCUT2D eigenvalue weighted by Gasteiger charge is 2.25. The first-order valence-electron chi connectivity index (χ1n) is 8.55. The maximum atomic E-state index is 11.4. The Morgan fingerprint density at radius 1 is 1.33 bits per heavy atom. The molecule has 1 saturated heterocycles. The minimum absolute atomic E-state index is 0.377. The Hall–Kier alpha value is -2.97. The monoisotopic (exact) mass is 371 g/mol. The maximum Gasteiger partial charge on any atom is 0.341 e. The van der Waals surface area contributed by atoms with Crippen LogP contribution in [0.4, 0.5) is 0 Å². The highest BCUT2D eigenvalue weighted by atomic mass is 16.5. The number of carbonyl (C=O) groups is 2. The largest absolute Gasteiger partial charge is 0.482 e. The molecule has 8 nitrogen and oxygen atoms in total. The number of rotatable bonds is 7. The summed E-state index contributed by atoms with van der Waals surface area (Å²) < 4.78 is 10.8. The van der Waals surface area contributed by atoms with Crippen molar-refractivity contribution < 1.29 is 24.2 Å². The zero-order valence-corrected chi connectivity index (χ0v) is 14.7. The van der Waals surface area contributed by atoms with Gasteiger partial charge in [-0.05, 0) is 30.3 Å². The molecule has 0 spiro atoms. The Morgan fingerprint density at radius 2 is 2.19 bits per heavy atom. The summed E-state index contributed by atoms with van der Waals surface area (Å²) in [7, 11) is 0. The average molecular weight is 371 g/mol. The van der Waals surface area contributed by atoms with Crippen LogP contribution in [0.25, 0.3) is 11.3 Å². The number of aromatic nitrogens is 1. The number of hydrogen-bond donors (Lipinski definition) is 2. The second kappa shape index (κ2) is 8.61. The predicted octanol–water partition coefficient (Wildman–Crippen LogP) is 0.898. The molecule has 0 radical (unpaired) electrons. The van der Waals surface area contributed by atoms with Gasteiger partial charge in [-0.25, -0.2) is 4.79 Å². The fourth-order valence-electron chi connectivity index (χ4n) is 2.94. The normalized spacial score (nSPS) is 17.4. The van der Waals surface area contributed by atoms with E-state index in [1.54, 1.807) is 12.3 Å². The van der Waals surface area contributed by atoms with Crippen molar-refractivity contribution in [3.63, 3.8) is 0 Å². The highest BCUT2D eigenvalue weighted by Crippen LogP contribution is 2.27. The summed E-state index contributed by atoms with van der Waals surface area (Å²) in [5.74, 6) is -1.06. The highest BCUT2D eigenvalue weighted by molar-refractivity contribution is 5.79. The molecule has 0 saturated carbocycles. The Kier molecular flexibility index (Phi) is 6.00. The van der Waals surface area contributed by atoms with Crippen molar-refractivity contribution in [1.82, 2.24) is 9.88 Å². The molecule has 3 rings (SSSR count). The van der Waals surface area contributed by atoms with Gasteiger partial charge in [0.15, 0.2) is 6.61 Å². The van der Waals surface area contributed by atoms with Gasteiger partial charge in [0.1, 0.15) is 11.9 Å². The van der Waals surface area contributed by atoms with Gasteiger partial charge >= 0.3 is 5.97 Å². The average Bonchev–Trinajstić information content (AvgIpc) is 2.67. The fourth-order valence-corrected chi connectivity index (χ4v) is 2.94. The summed E-state index contributed by atoms with van der Waals surface area (Å²) in [6.07, 6.45) is 1.06. The van der Waals surface area contributed by atoms with E-state index in [4.69, 9.17) is 20.3 Å². The number of ether oxygens (including phenoxy) is 2. The summed E-state index contributed by atoms with van der Waals surface area (Å²) in [6, 6.07) is 11.1. The van der Waals surface area contributed by atoms with Crippen LogP contribution in [-0.4, -0.2) is 59.3 Å². The fraction of sp³-hybridized carbons (Fsp3) is 0.316. The van der Waals surface area contributed by atoms with Gasteiger partial charge in [0.25, 0.3) is 0 Å². The number of nitrogens with two attached hydrogens (primary N) is 1. The van der Waals surface area contributed by atoms with Gasteiger partial charge in [0.2, 0.25) is 5.91 Å². The smallest absolute Gasteiger partial charge is 0.341 e. The molecule has 2 aromatic rings. The molecule has 0 bridgehead atoms. The number of amides is 1. The van der Waals surface area contributed by atoms with Crippen molar-refractivity contribution in [2.24, 2.45) is 5.73 Å². The number of carbonyl (C=O) groups excluding carboxylic acids is 1. The number of carboxylic acids is 1. The van der Waals surface area contributed by atoms with Crippen molar-refractivity contribution in [3.05, 3.63) is 48.2 Å². The third kappa shape index (κ3) is 5.02. The van der Waals surface area contributed by atoms with Gasteiger partial charge in [-0.3, -0.25) is 14.7 Å². The van der Waals surface area contributed by atoms with E-state index < -0.39 is 24.6 Å². The molecular weight excluding hydrogens is 350 g/mol. The maximum absolute atomic E-state index is 11.4. The van der Waals surface area contributed by atoms with E-state index in [0.29, 0.717) is 32.0 Å². The van der Waals surface area contributed by atoms with Crippen LogP contribution in [-0.2, 0) is 20.9 Å². The zero-order valence-electron chi connectivity index (χ0n) is 14.7. The molecule has 1 amide bonds. The molecular formula is C19H21N3O5. The van der Waals surface area contributed by atoms with Crippen LogP contribution in [0.5, 0.6) is 5.75 Å². The molecule has 1 aromatic heterocycles. The number of morpholine rings is 1. The van der Waals surface area contributed by atoms with Crippen LogP contribution in [0.1, 0.15) is 5.56 Å². The Bertz CT molecular complexity index is 812. The number of carboxylic acid groups (broad SMARTS) is 1. The number of hydrogen-bond acceptors (Lipinski definition) is 6. The molecule has 3 N–H and O–H groups in total. The zero-order chi connectivity index (χ0) is 19.2.